The summed E-state index contributed by atoms with van der Waals surface area (Å²) in [4.78, 5) is 8.34. The number of rotatable bonds is 7. The van der Waals surface area contributed by atoms with E-state index in [1.807, 2.05) is 13.8 Å². The summed E-state index contributed by atoms with van der Waals surface area (Å²) in [6.07, 6.45) is 2.55. The Balaban J connectivity index is 2.72. The lowest BCUT2D eigenvalue weighted by Crippen LogP contribution is -2.19. The molecule has 1 aromatic rings. The number of aromatic nitrogens is 2. The standard InChI is InChI=1S/C12H21N3O2/c1-5-6-13-11-10(3)12(15-8-14-11)17-9(2)7-16-4/h8-9H,5-7H2,1-4H3,(H,13,14,15). The molecule has 0 saturated heterocycles. The van der Waals surface area contributed by atoms with Crippen LogP contribution in [0.15, 0.2) is 6.33 Å². The smallest absolute Gasteiger partial charge is 0.221 e. The first-order valence-electron chi connectivity index (χ1n) is 5.90. The SMILES string of the molecule is CCCNc1ncnc(OC(C)COC)c1C. The van der Waals surface area contributed by atoms with Gasteiger partial charge in [0.2, 0.25) is 5.88 Å². The molecule has 17 heavy (non-hydrogen) atoms. The molecule has 1 atom stereocenters. The van der Waals surface area contributed by atoms with Crippen LogP contribution in [0, 0.1) is 6.92 Å². The van der Waals surface area contributed by atoms with Gasteiger partial charge in [-0.1, -0.05) is 6.92 Å². The molecule has 5 nitrogen and oxygen atoms in total. The van der Waals surface area contributed by atoms with Gasteiger partial charge < -0.3 is 14.8 Å². The van der Waals surface area contributed by atoms with Crippen molar-refractivity contribution in [2.75, 3.05) is 25.6 Å². The van der Waals surface area contributed by atoms with Gasteiger partial charge in [-0.05, 0) is 20.3 Å². The molecule has 0 fully saturated rings. The molecule has 1 N–H and O–H groups in total. The van der Waals surface area contributed by atoms with Gasteiger partial charge in [-0.2, -0.15) is 0 Å². The third kappa shape index (κ3) is 4.19. The highest BCUT2D eigenvalue weighted by Gasteiger charge is 2.11. The molecule has 0 spiro atoms. The van der Waals surface area contributed by atoms with E-state index in [1.54, 1.807) is 7.11 Å². The monoisotopic (exact) mass is 239 g/mol. The number of hydrogen-bond donors (Lipinski definition) is 1. The van der Waals surface area contributed by atoms with E-state index in [9.17, 15) is 0 Å². The minimum atomic E-state index is -0.0207. The van der Waals surface area contributed by atoms with Crippen molar-refractivity contribution in [3.63, 3.8) is 0 Å². The Kier molecular flexibility index (Phi) is 5.69. The number of ether oxygens (including phenoxy) is 2. The van der Waals surface area contributed by atoms with Crippen molar-refractivity contribution in [1.82, 2.24) is 9.97 Å². The topological polar surface area (TPSA) is 56.3 Å². The third-order valence-electron chi connectivity index (χ3n) is 2.29. The van der Waals surface area contributed by atoms with Crippen LogP contribution in [-0.2, 0) is 4.74 Å². The summed E-state index contributed by atoms with van der Waals surface area (Å²) in [5, 5.41) is 3.25. The van der Waals surface area contributed by atoms with E-state index in [1.165, 1.54) is 6.33 Å². The van der Waals surface area contributed by atoms with Crippen LogP contribution in [0.4, 0.5) is 5.82 Å². The van der Waals surface area contributed by atoms with Gasteiger partial charge in [-0.3, -0.25) is 0 Å². The second-order valence-corrected chi connectivity index (χ2v) is 3.96. The molecule has 5 heteroatoms. The molecule has 0 aliphatic heterocycles. The Hall–Kier alpha value is -1.36. The van der Waals surface area contributed by atoms with Crippen LogP contribution in [-0.4, -0.2) is 36.3 Å². The first-order valence-corrected chi connectivity index (χ1v) is 5.90. The van der Waals surface area contributed by atoms with Crippen molar-refractivity contribution < 1.29 is 9.47 Å². The normalized spacial score (nSPS) is 12.2. The summed E-state index contributed by atoms with van der Waals surface area (Å²) in [6.45, 7) is 7.45. The number of nitrogens with zero attached hydrogens (tertiary/aromatic N) is 2. The highest BCUT2D eigenvalue weighted by Crippen LogP contribution is 2.21. The molecule has 0 aliphatic carbocycles. The number of hydrogen-bond acceptors (Lipinski definition) is 5. The second kappa shape index (κ2) is 7.06. The van der Waals surface area contributed by atoms with Crippen LogP contribution >= 0.6 is 0 Å². The van der Waals surface area contributed by atoms with Crippen LogP contribution in [0.25, 0.3) is 0 Å². The molecule has 0 amide bonds. The molecule has 1 aromatic heterocycles. The zero-order chi connectivity index (χ0) is 12.7. The van der Waals surface area contributed by atoms with Gasteiger partial charge in [0.1, 0.15) is 18.2 Å². The Labute approximate surface area is 103 Å². The van der Waals surface area contributed by atoms with Gasteiger partial charge in [0.15, 0.2) is 0 Å². The summed E-state index contributed by atoms with van der Waals surface area (Å²) >= 11 is 0. The van der Waals surface area contributed by atoms with Crippen molar-refractivity contribution in [1.29, 1.82) is 0 Å². The van der Waals surface area contributed by atoms with Gasteiger partial charge in [0.25, 0.3) is 0 Å². The summed E-state index contributed by atoms with van der Waals surface area (Å²) < 4.78 is 10.7. The maximum atomic E-state index is 5.69. The predicted molar refractivity (Wildman–Crippen MR) is 67.5 cm³/mol. The van der Waals surface area contributed by atoms with E-state index in [2.05, 4.69) is 22.2 Å². The van der Waals surface area contributed by atoms with E-state index >= 15 is 0 Å². The van der Waals surface area contributed by atoms with E-state index in [0.717, 1.165) is 24.3 Å². The van der Waals surface area contributed by atoms with Crippen LogP contribution in [0.2, 0.25) is 0 Å². The largest absolute Gasteiger partial charge is 0.472 e. The van der Waals surface area contributed by atoms with Gasteiger partial charge >= 0.3 is 0 Å². The van der Waals surface area contributed by atoms with Crippen molar-refractivity contribution in [3.05, 3.63) is 11.9 Å². The average molecular weight is 239 g/mol. The first-order chi connectivity index (χ1) is 8.19. The lowest BCUT2D eigenvalue weighted by atomic mass is 10.3. The third-order valence-corrected chi connectivity index (χ3v) is 2.29. The zero-order valence-electron chi connectivity index (χ0n) is 11.0. The van der Waals surface area contributed by atoms with Crippen LogP contribution in [0.1, 0.15) is 25.8 Å². The Morgan fingerprint density at radius 1 is 1.41 bits per heavy atom. The summed E-state index contributed by atoms with van der Waals surface area (Å²) in [7, 11) is 1.65. The maximum absolute atomic E-state index is 5.69. The van der Waals surface area contributed by atoms with Crippen LogP contribution in [0.3, 0.4) is 0 Å². The summed E-state index contributed by atoms with van der Waals surface area (Å²) in [5.74, 6) is 1.45. The molecule has 1 rings (SSSR count). The van der Waals surface area contributed by atoms with E-state index in [-0.39, 0.29) is 6.10 Å². The molecule has 1 heterocycles. The maximum Gasteiger partial charge on any atom is 0.221 e. The molecule has 0 radical (unpaired) electrons. The number of anilines is 1. The summed E-state index contributed by atoms with van der Waals surface area (Å²) in [6, 6.07) is 0. The molecule has 0 bridgehead atoms. The fraction of sp³-hybridized carbons (Fsp3) is 0.667. The van der Waals surface area contributed by atoms with E-state index < -0.39 is 0 Å². The minimum Gasteiger partial charge on any atom is -0.472 e. The fourth-order valence-electron chi connectivity index (χ4n) is 1.43. The second-order valence-electron chi connectivity index (χ2n) is 3.96. The quantitative estimate of drug-likeness (QED) is 0.789. The zero-order valence-corrected chi connectivity index (χ0v) is 11.0. The van der Waals surface area contributed by atoms with Crippen LogP contribution in [0.5, 0.6) is 5.88 Å². The predicted octanol–water partition coefficient (Wildman–Crippen LogP) is 2.02. The first kappa shape index (κ1) is 13.7. The molecular formula is C12H21N3O2. The Bertz CT molecular complexity index is 345. The highest BCUT2D eigenvalue weighted by atomic mass is 16.5. The molecule has 0 aliphatic rings. The molecule has 1 unspecified atom stereocenters. The van der Waals surface area contributed by atoms with Crippen LogP contribution < -0.4 is 10.1 Å². The summed E-state index contributed by atoms with van der Waals surface area (Å²) in [5.41, 5.74) is 0.934. The average Bonchev–Trinajstić information content (AvgIpc) is 2.30. The van der Waals surface area contributed by atoms with Crippen molar-refractivity contribution in [2.24, 2.45) is 0 Å². The molecular weight excluding hydrogens is 218 g/mol. The molecule has 96 valence electrons. The van der Waals surface area contributed by atoms with Gasteiger partial charge in [0.05, 0.1) is 12.2 Å². The van der Waals surface area contributed by atoms with Crippen molar-refractivity contribution in [2.45, 2.75) is 33.3 Å². The number of nitrogens with one attached hydrogen (secondary N) is 1. The van der Waals surface area contributed by atoms with Gasteiger partial charge in [-0.25, -0.2) is 9.97 Å². The van der Waals surface area contributed by atoms with Crippen molar-refractivity contribution >= 4 is 5.82 Å². The lowest BCUT2D eigenvalue weighted by molar-refractivity contribution is 0.0884. The molecule has 0 saturated carbocycles. The highest BCUT2D eigenvalue weighted by molar-refractivity contribution is 5.47. The fourth-order valence-corrected chi connectivity index (χ4v) is 1.43. The minimum absolute atomic E-state index is 0.0207. The van der Waals surface area contributed by atoms with Gasteiger partial charge in [-0.15, -0.1) is 0 Å². The number of methoxy groups -OCH3 is 1. The Morgan fingerprint density at radius 2 is 2.18 bits per heavy atom. The van der Waals surface area contributed by atoms with Gasteiger partial charge in [0, 0.05) is 13.7 Å². The van der Waals surface area contributed by atoms with E-state index in [4.69, 9.17) is 9.47 Å². The molecule has 0 aromatic carbocycles. The Morgan fingerprint density at radius 3 is 2.82 bits per heavy atom. The van der Waals surface area contributed by atoms with Crippen molar-refractivity contribution in [3.8, 4) is 5.88 Å². The lowest BCUT2D eigenvalue weighted by Gasteiger charge is -2.16. The van der Waals surface area contributed by atoms with E-state index in [0.29, 0.717) is 12.5 Å².